The Morgan fingerprint density at radius 1 is 1.18 bits per heavy atom. The standard InChI is InChI=1S/C10H19N3O4/c1-9(2,7(15)16)10(3,4)13-8(17)12-5-6(11)14/h5H2,1-4H3,(H2,11,14)(H,15,16)(H2,12,13,17). The van der Waals surface area contributed by atoms with Gasteiger partial charge in [-0.15, -0.1) is 0 Å². The molecule has 0 aromatic heterocycles. The van der Waals surface area contributed by atoms with Crippen LogP contribution in [0.25, 0.3) is 0 Å². The molecule has 0 aromatic carbocycles. The summed E-state index contributed by atoms with van der Waals surface area (Å²) in [7, 11) is 0. The van der Waals surface area contributed by atoms with Crippen LogP contribution in [0.4, 0.5) is 4.79 Å². The zero-order valence-corrected chi connectivity index (χ0v) is 10.5. The topological polar surface area (TPSA) is 122 Å². The summed E-state index contributed by atoms with van der Waals surface area (Å²) in [5.41, 5.74) is 2.72. The number of primary amides is 1. The molecule has 0 heterocycles. The minimum atomic E-state index is -1.16. The Labute approximate surface area is 99.7 Å². The number of rotatable bonds is 5. The highest BCUT2D eigenvalue weighted by Crippen LogP contribution is 2.30. The molecule has 5 N–H and O–H groups in total. The van der Waals surface area contributed by atoms with Crippen molar-refractivity contribution < 1.29 is 19.5 Å². The van der Waals surface area contributed by atoms with E-state index in [4.69, 9.17) is 10.8 Å². The predicted octanol–water partition coefficient (Wildman–Crippen LogP) is -0.340. The first-order chi connectivity index (χ1) is 7.50. The van der Waals surface area contributed by atoms with Crippen LogP contribution in [0.1, 0.15) is 27.7 Å². The highest BCUT2D eigenvalue weighted by atomic mass is 16.4. The van der Waals surface area contributed by atoms with E-state index < -0.39 is 28.9 Å². The van der Waals surface area contributed by atoms with E-state index >= 15 is 0 Å². The molecule has 0 aliphatic rings. The number of amides is 3. The number of carboxylic acids is 1. The summed E-state index contributed by atoms with van der Waals surface area (Å²) in [5, 5.41) is 13.8. The summed E-state index contributed by atoms with van der Waals surface area (Å²) in [6.07, 6.45) is 0. The van der Waals surface area contributed by atoms with E-state index in [1.54, 1.807) is 13.8 Å². The normalized spacial score (nSPS) is 11.8. The summed E-state index contributed by atoms with van der Waals surface area (Å²) >= 11 is 0. The Hall–Kier alpha value is -1.79. The summed E-state index contributed by atoms with van der Waals surface area (Å²) in [6.45, 7) is 5.89. The number of carbonyl (C=O) groups excluding carboxylic acids is 2. The lowest BCUT2D eigenvalue weighted by atomic mass is 9.74. The lowest BCUT2D eigenvalue weighted by molar-refractivity contribution is -0.150. The van der Waals surface area contributed by atoms with E-state index in [0.29, 0.717) is 0 Å². The molecule has 7 nitrogen and oxygen atoms in total. The number of carbonyl (C=O) groups is 3. The van der Waals surface area contributed by atoms with Gasteiger partial charge in [-0.25, -0.2) is 4.79 Å². The Kier molecular flexibility index (Phi) is 4.50. The molecule has 0 radical (unpaired) electrons. The summed E-state index contributed by atoms with van der Waals surface area (Å²) in [4.78, 5) is 32.9. The number of urea groups is 1. The molecule has 0 saturated heterocycles. The number of nitrogens with one attached hydrogen (secondary N) is 2. The van der Waals surface area contributed by atoms with Gasteiger partial charge in [-0.3, -0.25) is 9.59 Å². The molecule has 0 aliphatic carbocycles. The molecule has 0 fully saturated rings. The third-order valence-electron chi connectivity index (χ3n) is 2.95. The summed E-state index contributed by atoms with van der Waals surface area (Å²) in [5.74, 6) is -1.70. The third kappa shape index (κ3) is 3.93. The highest BCUT2D eigenvalue weighted by Gasteiger charge is 2.44. The van der Waals surface area contributed by atoms with Gasteiger partial charge >= 0.3 is 12.0 Å². The van der Waals surface area contributed by atoms with E-state index in [9.17, 15) is 14.4 Å². The number of nitrogens with two attached hydrogens (primary N) is 1. The monoisotopic (exact) mass is 245 g/mol. The van der Waals surface area contributed by atoms with Gasteiger partial charge in [0.2, 0.25) is 5.91 Å². The third-order valence-corrected chi connectivity index (χ3v) is 2.95. The van der Waals surface area contributed by atoms with Crippen LogP contribution in [-0.4, -0.2) is 35.1 Å². The van der Waals surface area contributed by atoms with Gasteiger partial charge in [0.1, 0.15) is 0 Å². The Bertz CT molecular complexity index is 336. The first-order valence-corrected chi connectivity index (χ1v) is 5.08. The van der Waals surface area contributed by atoms with E-state index in [0.717, 1.165) is 0 Å². The van der Waals surface area contributed by atoms with E-state index in [1.807, 2.05) is 0 Å². The lowest BCUT2D eigenvalue weighted by Crippen LogP contribution is -2.59. The zero-order valence-electron chi connectivity index (χ0n) is 10.5. The van der Waals surface area contributed by atoms with Gasteiger partial charge in [-0.2, -0.15) is 0 Å². The smallest absolute Gasteiger partial charge is 0.315 e. The Morgan fingerprint density at radius 3 is 2.00 bits per heavy atom. The van der Waals surface area contributed by atoms with E-state index in [1.165, 1.54) is 13.8 Å². The van der Waals surface area contributed by atoms with Crippen molar-refractivity contribution in [3.05, 3.63) is 0 Å². The Morgan fingerprint density at radius 2 is 1.65 bits per heavy atom. The van der Waals surface area contributed by atoms with Crippen LogP contribution in [0.15, 0.2) is 0 Å². The predicted molar refractivity (Wildman–Crippen MR) is 61.2 cm³/mol. The van der Waals surface area contributed by atoms with Crippen LogP contribution in [0.2, 0.25) is 0 Å². The van der Waals surface area contributed by atoms with Crippen molar-refractivity contribution >= 4 is 17.9 Å². The van der Waals surface area contributed by atoms with Gasteiger partial charge in [0.25, 0.3) is 0 Å². The van der Waals surface area contributed by atoms with Crippen LogP contribution in [-0.2, 0) is 9.59 Å². The van der Waals surface area contributed by atoms with E-state index in [-0.39, 0.29) is 6.54 Å². The molecule has 0 atom stereocenters. The minimum absolute atomic E-state index is 0.296. The van der Waals surface area contributed by atoms with Crippen molar-refractivity contribution in [1.82, 2.24) is 10.6 Å². The Balaban J connectivity index is 4.60. The van der Waals surface area contributed by atoms with Crippen LogP contribution in [0.5, 0.6) is 0 Å². The van der Waals surface area contributed by atoms with Gasteiger partial charge in [0.05, 0.1) is 17.5 Å². The average molecular weight is 245 g/mol. The van der Waals surface area contributed by atoms with Crippen LogP contribution >= 0.6 is 0 Å². The molecule has 0 bridgehead atoms. The first kappa shape index (κ1) is 15.2. The summed E-state index contributed by atoms with van der Waals surface area (Å²) < 4.78 is 0. The van der Waals surface area contributed by atoms with E-state index in [2.05, 4.69) is 10.6 Å². The largest absolute Gasteiger partial charge is 0.481 e. The molecule has 0 rings (SSSR count). The molecule has 0 aliphatic heterocycles. The fourth-order valence-corrected chi connectivity index (χ4v) is 0.919. The van der Waals surface area contributed by atoms with Crippen LogP contribution in [0.3, 0.4) is 0 Å². The van der Waals surface area contributed by atoms with Crippen molar-refractivity contribution in [3.63, 3.8) is 0 Å². The SMILES string of the molecule is CC(C)(NC(=O)NCC(N)=O)C(C)(C)C(=O)O. The first-order valence-electron chi connectivity index (χ1n) is 5.08. The minimum Gasteiger partial charge on any atom is -0.481 e. The molecule has 0 spiro atoms. The van der Waals surface area contributed by atoms with Crippen LogP contribution in [0, 0.1) is 5.41 Å². The van der Waals surface area contributed by atoms with Gasteiger partial charge in [-0.05, 0) is 27.7 Å². The fourth-order valence-electron chi connectivity index (χ4n) is 0.919. The second kappa shape index (κ2) is 5.03. The fraction of sp³-hybridized carbons (Fsp3) is 0.700. The van der Waals surface area contributed by atoms with Crippen molar-refractivity contribution in [3.8, 4) is 0 Å². The van der Waals surface area contributed by atoms with Gasteiger partial charge in [0.15, 0.2) is 0 Å². The number of hydrogen-bond acceptors (Lipinski definition) is 3. The molecule has 0 aromatic rings. The van der Waals surface area contributed by atoms with Crippen molar-refractivity contribution in [1.29, 1.82) is 0 Å². The van der Waals surface area contributed by atoms with Crippen molar-refractivity contribution in [2.45, 2.75) is 33.2 Å². The van der Waals surface area contributed by atoms with Crippen molar-refractivity contribution in [2.75, 3.05) is 6.54 Å². The number of carboxylic acid groups (broad SMARTS) is 1. The molecule has 17 heavy (non-hydrogen) atoms. The molecule has 0 saturated carbocycles. The maximum absolute atomic E-state index is 11.4. The average Bonchev–Trinajstić information content (AvgIpc) is 2.13. The van der Waals surface area contributed by atoms with Gasteiger partial charge in [-0.1, -0.05) is 0 Å². The second-order valence-corrected chi connectivity index (χ2v) is 4.83. The zero-order chi connectivity index (χ0) is 13.9. The molecular formula is C10H19N3O4. The van der Waals surface area contributed by atoms with Crippen molar-refractivity contribution in [2.24, 2.45) is 11.1 Å². The number of hydrogen-bond donors (Lipinski definition) is 4. The van der Waals surface area contributed by atoms with Crippen LogP contribution < -0.4 is 16.4 Å². The quantitative estimate of drug-likeness (QED) is 0.529. The lowest BCUT2D eigenvalue weighted by Gasteiger charge is -2.38. The van der Waals surface area contributed by atoms with Gasteiger partial charge in [0, 0.05) is 0 Å². The molecule has 7 heteroatoms. The summed E-state index contributed by atoms with van der Waals surface area (Å²) in [6, 6.07) is -0.636. The maximum atomic E-state index is 11.4. The highest BCUT2D eigenvalue weighted by molar-refractivity contribution is 5.84. The molecule has 3 amide bonds. The molecule has 0 unspecified atom stereocenters. The molecule has 98 valence electrons. The second-order valence-electron chi connectivity index (χ2n) is 4.83. The van der Waals surface area contributed by atoms with Gasteiger partial charge < -0.3 is 21.5 Å². The maximum Gasteiger partial charge on any atom is 0.315 e. The molecular weight excluding hydrogens is 226 g/mol. The number of aliphatic carboxylic acids is 1.